The fourth-order valence-electron chi connectivity index (χ4n) is 2.63. The number of hydrogen-bond acceptors (Lipinski definition) is 4. The van der Waals surface area contributed by atoms with Gasteiger partial charge in [-0.15, -0.1) is 0 Å². The number of aryl methyl sites for hydroxylation is 2. The Kier molecular flexibility index (Phi) is 4.04. The zero-order valence-corrected chi connectivity index (χ0v) is 11.9. The molecule has 1 aromatic heterocycles. The van der Waals surface area contributed by atoms with Crippen molar-refractivity contribution < 1.29 is 4.74 Å². The Balaban J connectivity index is 2.50. The summed E-state index contributed by atoms with van der Waals surface area (Å²) in [6, 6.07) is 2.28. The van der Waals surface area contributed by atoms with Crippen molar-refractivity contribution in [1.29, 1.82) is 5.41 Å². The summed E-state index contributed by atoms with van der Waals surface area (Å²) < 4.78 is 5.53. The minimum atomic E-state index is 0.0846. The smallest absolute Gasteiger partial charge is 0.140 e. The number of nitrogens with two attached hydrogens (primary N) is 1. The van der Waals surface area contributed by atoms with Gasteiger partial charge in [-0.05, 0) is 31.9 Å². The molecule has 104 valence electrons. The molecule has 1 atom stereocenters. The van der Waals surface area contributed by atoms with E-state index in [2.05, 4.69) is 16.8 Å². The number of nitrogens with zero attached hydrogens (tertiary/aromatic N) is 2. The number of nitrogen functional groups attached to an aromatic ring is 1. The van der Waals surface area contributed by atoms with Crippen LogP contribution in [0.15, 0.2) is 6.07 Å². The normalized spacial score (nSPS) is 19.5. The summed E-state index contributed by atoms with van der Waals surface area (Å²) in [7, 11) is 0. The lowest BCUT2D eigenvalue weighted by molar-refractivity contribution is 0.0925. The number of morpholine rings is 1. The van der Waals surface area contributed by atoms with Gasteiger partial charge >= 0.3 is 0 Å². The van der Waals surface area contributed by atoms with Gasteiger partial charge in [0.05, 0.1) is 24.8 Å². The lowest BCUT2D eigenvalue weighted by Gasteiger charge is -2.37. The molecule has 0 aromatic carbocycles. The molecule has 5 nitrogen and oxygen atoms in total. The zero-order valence-electron chi connectivity index (χ0n) is 11.9. The quantitative estimate of drug-likeness (QED) is 0.641. The van der Waals surface area contributed by atoms with Gasteiger partial charge in [-0.3, -0.25) is 5.41 Å². The molecule has 5 heteroatoms. The lowest BCUT2D eigenvalue weighted by atomic mass is 10.1. The van der Waals surface area contributed by atoms with Gasteiger partial charge in [-0.2, -0.15) is 0 Å². The second kappa shape index (κ2) is 5.57. The predicted molar refractivity (Wildman–Crippen MR) is 77.0 cm³/mol. The first kappa shape index (κ1) is 13.8. The molecular formula is C14H22N4O. The van der Waals surface area contributed by atoms with E-state index in [0.29, 0.717) is 19.3 Å². The Hall–Kier alpha value is -1.62. The van der Waals surface area contributed by atoms with Gasteiger partial charge in [0, 0.05) is 12.2 Å². The number of ether oxygens (including phenoxy) is 1. The van der Waals surface area contributed by atoms with Crippen LogP contribution in [0.5, 0.6) is 0 Å². The summed E-state index contributed by atoms with van der Waals surface area (Å²) in [5, 5.41) is 7.81. The van der Waals surface area contributed by atoms with Crippen LogP contribution < -0.4 is 10.6 Å². The molecule has 0 bridgehead atoms. The zero-order chi connectivity index (χ0) is 14.0. The molecule has 1 aliphatic rings. The van der Waals surface area contributed by atoms with Crippen molar-refractivity contribution in [1.82, 2.24) is 4.98 Å². The number of pyridine rings is 1. The van der Waals surface area contributed by atoms with Crippen LogP contribution in [-0.2, 0) is 4.74 Å². The molecule has 1 fully saturated rings. The third-order valence-electron chi connectivity index (χ3n) is 3.57. The molecule has 1 aliphatic heterocycles. The molecule has 1 saturated heterocycles. The molecule has 1 unspecified atom stereocenters. The van der Waals surface area contributed by atoms with Gasteiger partial charge in [0.25, 0.3) is 0 Å². The monoisotopic (exact) mass is 262 g/mol. The highest BCUT2D eigenvalue weighted by Crippen LogP contribution is 2.26. The van der Waals surface area contributed by atoms with Crippen LogP contribution in [0.25, 0.3) is 0 Å². The SMILES string of the molecule is CCC1COCCN1c1nc(C)cc(C)c1C(=N)N. The molecule has 2 heterocycles. The van der Waals surface area contributed by atoms with E-state index < -0.39 is 0 Å². The molecule has 0 radical (unpaired) electrons. The standard InChI is InChI=1S/C14H22N4O/c1-4-11-8-19-6-5-18(11)14-12(13(15)16)9(2)7-10(3)17-14/h7,11H,4-6,8H2,1-3H3,(H3,15,16). The van der Waals surface area contributed by atoms with E-state index in [-0.39, 0.29) is 5.84 Å². The maximum absolute atomic E-state index is 7.81. The molecule has 0 saturated carbocycles. The number of amidine groups is 1. The van der Waals surface area contributed by atoms with Crippen LogP contribution in [0.1, 0.15) is 30.2 Å². The summed E-state index contributed by atoms with van der Waals surface area (Å²) in [6.45, 7) is 8.31. The van der Waals surface area contributed by atoms with Gasteiger partial charge in [0.2, 0.25) is 0 Å². The highest BCUT2D eigenvalue weighted by molar-refractivity contribution is 6.01. The van der Waals surface area contributed by atoms with Crippen molar-refractivity contribution >= 4 is 11.7 Å². The average molecular weight is 262 g/mol. The van der Waals surface area contributed by atoms with Crippen molar-refractivity contribution in [2.24, 2.45) is 5.73 Å². The summed E-state index contributed by atoms with van der Waals surface area (Å²) in [4.78, 5) is 6.86. The Morgan fingerprint density at radius 1 is 1.58 bits per heavy atom. The number of aromatic nitrogens is 1. The fourth-order valence-corrected chi connectivity index (χ4v) is 2.63. The summed E-state index contributed by atoms with van der Waals surface area (Å²) >= 11 is 0. The number of nitrogens with one attached hydrogen (secondary N) is 1. The van der Waals surface area contributed by atoms with Gasteiger partial charge in [0.1, 0.15) is 11.7 Å². The third-order valence-corrected chi connectivity index (χ3v) is 3.57. The minimum Gasteiger partial charge on any atom is -0.384 e. The third kappa shape index (κ3) is 2.71. The molecule has 0 amide bonds. The van der Waals surface area contributed by atoms with Crippen molar-refractivity contribution in [3.63, 3.8) is 0 Å². The van der Waals surface area contributed by atoms with Crippen LogP contribution in [0.3, 0.4) is 0 Å². The molecular weight excluding hydrogens is 240 g/mol. The first-order valence-electron chi connectivity index (χ1n) is 6.71. The maximum Gasteiger partial charge on any atom is 0.140 e. The molecule has 0 aliphatic carbocycles. The van der Waals surface area contributed by atoms with Gasteiger partial charge < -0.3 is 15.4 Å². The van der Waals surface area contributed by atoms with Crippen LogP contribution in [0.2, 0.25) is 0 Å². The maximum atomic E-state index is 7.81. The minimum absolute atomic E-state index is 0.0846. The van der Waals surface area contributed by atoms with Gasteiger partial charge in [0.15, 0.2) is 0 Å². The van der Waals surface area contributed by atoms with Gasteiger partial charge in [-0.1, -0.05) is 6.92 Å². The average Bonchev–Trinajstić information content (AvgIpc) is 2.37. The van der Waals surface area contributed by atoms with Crippen molar-refractivity contribution in [2.75, 3.05) is 24.7 Å². The van der Waals surface area contributed by atoms with Crippen LogP contribution in [0.4, 0.5) is 5.82 Å². The summed E-state index contributed by atoms with van der Waals surface area (Å²) in [6.07, 6.45) is 0.992. The number of hydrogen-bond donors (Lipinski definition) is 2. The van der Waals surface area contributed by atoms with E-state index in [1.807, 2.05) is 19.9 Å². The summed E-state index contributed by atoms with van der Waals surface area (Å²) in [5.41, 5.74) is 8.47. The van der Waals surface area contributed by atoms with Gasteiger partial charge in [-0.25, -0.2) is 4.98 Å². The van der Waals surface area contributed by atoms with Crippen molar-refractivity contribution in [3.05, 3.63) is 22.9 Å². The Morgan fingerprint density at radius 2 is 2.32 bits per heavy atom. The second-order valence-electron chi connectivity index (χ2n) is 5.02. The molecule has 0 spiro atoms. The van der Waals surface area contributed by atoms with Crippen LogP contribution in [0, 0.1) is 19.3 Å². The van der Waals surface area contributed by atoms with Crippen LogP contribution >= 0.6 is 0 Å². The van der Waals surface area contributed by atoms with E-state index in [0.717, 1.165) is 35.6 Å². The predicted octanol–water partition coefficient (Wildman–Crippen LogP) is 1.60. The number of rotatable bonds is 3. The van der Waals surface area contributed by atoms with Crippen molar-refractivity contribution in [3.8, 4) is 0 Å². The van der Waals surface area contributed by atoms with Crippen LogP contribution in [-0.4, -0.2) is 36.6 Å². The second-order valence-corrected chi connectivity index (χ2v) is 5.02. The molecule has 19 heavy (non-hydrogen) atoms. The fraction of sp³-hybridized carbons (Fsp3) is 0.571. The topological polar surface area (TPSA) is 75.2 Å². The summed E-state index contributed by atoms with van der Waals surface area (Å²) in [5.74, 6) is 0.918. The number of anilines is 1. The molecule has 3 N–H and O–H groups in total. The van der Waals surface area contributed by atoms with E-state index in [4.69, 9.17) is 15.9 Å². The van der Waals surface area contributed by atoms with E-state index in [1.54, 1.807) is 0 Å². The Morgan fingerprint density at radius 3 is 2.95 bits per heavy atom. The van der Waals surface area contributed by atoms with E-state index >= 15 is 0 Å². The first-order valence-corrected chi connectivity index (χ1v) is 6.71. The highest BCUT2D eigenvalue weighted by Gasteiger charge is 2.26. The Labute approximate surface area is 114 Å². The largest absolute Gasteiger partial charge is 0.384 e. The van der Waals surface area contributed by atoms with E-state index in [9.17, 15) is 0 Å². The molecule has 2 rings (SSSR count). The highest BCUT2D eigenvalue weighted by atomic mass is 16.5. The van der Waals surface area contributed by atoms with E-state index in [1.165, 1.54) is 0 Å². The Bertz CT molecular complexity index is 487. The molecule has 1 aromatic rings. The first-order chi connectivity index (χ1) is 9.04. The van der Waals surface area contributed by atoms with Crippen molar-refractivity contribution in [2.45, 2.75) is 33.2 Å². The lowest BCUT2D eigenvalue weighted by Crippen LogP contribution is -2.46.